The fourth-order valence-corrected chi connectivity index (χ4v) is 0.808. The SMILES string of the molecule is Cc1cc(O)c([N+](=O)[O-])c(O)n1. The fourth-order valence-electron chi connectivity index (χ4n) is 0.808. The van der Waals surface area contributed by atoms with Gasteiger partial charge in [0.05, 0.1) is 4.92 Å². The van der Waals surface area contributed by atoms with Crippen LogP contribution in [0.4, 0.5) is 5.69 Å². The molecule has 0 aromatic carbocycles. The molecule has 6 heteroatoms. The molecule has 0 atom stereocenters. The molecule has 2 N–H and O–H groups in total. The molecule has 1 heterocycles. The van der Waals surface area contributed by atoms with E-state index >= 15 is 0 Å². The predicted molar refractivity (Wildman–Crippen MR) is 39.0 cm³/mol. The van der Waals surface area contributed by atoms with E-state index in [1.54, 1.807) is 0 Å². The molecule has 1 aromatic rings. The average molecular weight is 170 g/mol. The first kappa shape index (κ1) is 8.25. The van der Waals surface area contributed by atoms with Gasteiger partial charge in [-0.05, 0) is 6.92 Å². The first-order valence-corrected chi connectivity index (χ1v) is 3.06. The summed E-state index contributed by atoms with van der Waals surface area (Å²) >= 11 is 0. The monoisotopic (exact) mass is 170 g/mol. The number of aromatic nitrogens is 1. The number of aromatic hydroxyl groups is 2. The van der Waals surface area contributed by atoms with Gasteiger partial charge in [0, 0.05) is 11.8 Å². The smallest absolute Gasteiger partial charge is 0.371 e. The second-order valence-electron chi connectivity index (χ2n) is 2.21. The van der Waals surface area contributed by atoms with E-state index in [0.717, 1.165) is 6.07 Å². The lowest BCUT2D eigenvalue weighted by Gasteiger charge is -1.98. The Balaban J connectivity index is 3.38. The molecule has 0 saturated carbocycles. The predicted octanol–water partition coefficient (Wildman–Crippen LogP) is 0.709. The number of nitro groups is 1. The Labute approximate surface area is 67.3 Å². The second-order valence-corrected chi connectivity index (χ2v) is 2.21. The third-order valence-electron chi connectivity index (χ3n) is 1.26. The van der Waals surface area contributed by atoms with Gasteiger partial charge in [-0.25, -0.2) is 4.98 Å². The van der Waals surface area contributed by atoms with Gasteiger partial charge in [-0.3, -0.25) is 10.1 Å². The average Bonchev–Trinajstić information content (AvgIpc) is 1.82. The molecular weight excluding hydrogens is 164 g/mol. The Kier molecular flexibility index (Phi) is 1.82. The Bertz CT molecular complexity index is 313. The van der Waals surface area contributed by atoms with E-state index in [9.17, 15) is 10.1 Å². The van der Waals surface area contributed by atoms with Crippen LogP contribution in [0.1, 0.15) is 5.69 Å². The van der Waals surface area contributed by atoms with E-state index in [2.05, 4.69) is 4.98 Å². The van der Waals surface area contributed by atoms with Gasteiger partial charge < -0.3 is 10.2 Å². The topological polar surface area (TPSA) is 96.5 Å². The molecule has 0 aliphatic rings. The Morgan fingerprint density at radius 3 is 2.58 bits per heavy atom. The van der Waals surface area contributed by atoms with Crippen LogP contribution in [-0.2, 0) is 0 Å². The Morgan fingerprint density at radius 1 is 1.58 bits per heavy atom. The molecule has 0 aliphatic heterocycles. The molecule has 0 saturated heterocycles. The highest BCUT2D eigenvalue weighted by atomic mass is 16.6. The summed E-state index contributed by atoms with van der Waals surface area (Å²) in [6, 6.07) is 1.11. The number of hydrogen-bond acceptors (Lipinski definition) is 5. The van der Waals surface area contributed by atoms with Crippen molar-refractivity contribution in [1.82, 2.24) is 4.98 Å². The first-order valence-electron chi connectivity index (χ1n) is 3.06. The molecule has 1 rings (SSSR count). The van der Waals surface area contributed by atoms with Gasteiger partial charge in [0.2, 0.25) is 5.75 Å². The molecule has 0 radical (unpaired) electrons. The van der Waals surface area contributed by atoms with Crippen LogP contribution in [0.15, 0.2) is 6.07 Å². The summed E-state index contributed by atoms with van der Waals surface area (Å²) in [5.74, 6) is -1.34. The van der Waals surface area contributed by atoms with Gasteiger partial charge in [0.25, 0.3) is 5.88 Å². The highest BCUT2D eigenvalue weighted by molar-refractivity contribution is 5.52. The zero-order valence-electron chi connectivity index (χ0n) is 6.18. The zero-order chi connectivity index (χ0) is 9.30. The maximum atomic E-state index is 10.2. The number of nitrogens with zero attached hydrogens (tertiary/aromatic N) is 2. The van der Waals surface area contributed by atoms with Crippen molar-refractivity contribution in [2.75, 3.05) is 0 Å². The largest absolute Gasteiger partial charge is 0.502 e. The third kappa shape index (κ3) is 1.26. The molecule has 0 spiro atoms. The van der Waals surface area contributed by atoms with Crippen molar-refractivity contribution in [3.05, 3.63) is 21.9 Å². The number of rotatable bonds is 1. The van der Waals surface area contributed by atoms with E-state index in [4.69, 9.17) is 10.2 Å². The van der Waals surface area contributed by atoms with E-state index in [1.807, 2.05) is 0 Å². The molecule has 0 aliphatic carbocycles. The summed E-state index contributed by atoms with van der Waals surface area (Å²) in [5, 5.41) is 28.1. The van der Waals surface area contributed by atoms with Crippen LogP contribution in [0.25, 0.3) is 0 Å². The molecule has 0 fully saturated rings. The number of pyridine rings is 1. The van der Waals surface area contributed by atoms with Gasteiger partial charge in [-0.2, -0.15) is 0 Å². The quantitative estimate of drug-likeness (QED) is 0.477. The van der Waals surface area contributed by atoms with Gasteiger partial charge in [-0.15, -0.1) is 0 Å². The minimum absolute atomic E-state index is 0.315. The summed E-state index contributed by atoms with van der Waals surface area (Å²) in [4.78, 5) is 12.7. The normalized spacial score (nSPS) is 9.75. The summed E-state index contributed by atoms with van der Waals surface area (Å²) in [6.45, 7) is 1.50. The lowest BCUT2D eigenvalue weighted by molar-refractivity contribution is -0.387. The molecule has 64 valence electrons. The van der Waals surface area contributed by atoms with Crippen LogP contribution in [0.2, 0.25) is 0 Å². The van der Waals surface area contributed by atoms with Crippen molar-refractivity contribution in [3.63, 3.8) is 0 Å². The molecule has 0 bridgehead atoms. The maximum Gasteiger partial charge on any atom is 0.371 e. The molecule has 6 nitrogen and oxygen atoms in total. The van der Waals surface area contributed by atoms with Crippen molar-refractivity contribution in [2.24, 2.45) is 0 Å². The van der Waals surface area contributed by atoms with Crippen LogP contribution >= 0.6 is 0 Å². The van der Waals surface area contributed by atoms with Crippen molar-refractivity contribution < 1.29 is 15.1 Å². The van der Waals surface area contributed by atoms with Gasteiger partial charge in [-0.1, -0.05) is 0 Å². The van der Waals surface area contributed by atoms with Gasteiger partial charge >= 0.3 is 5.69 Å². The van der Waals surface area contributed by atoms with Crippen molar-refractivity contribution >= 4 is 5.69 Å². The Hall–Kier alpha value is -1.85. The summed E-state index contributed by atoms with van der Waals surface area (Å²) in [7, 11) is 0. The van der Waals surface area contributed by atoms with Crippen molar-refractivity contribution in [2.45, 2.75) is 6.92 Å². The molecular formula is C6H6N2O4. The molecule has 0 unspecified atom stereocenters. The van der Waals surface area contributed by atoms with Crippen LogP contribution in [-0.4, -0.2) is 20.1 Å². The lowest BCUT2D eigenvalue weighted by Crippen LogP contribution is -1.92. The van der Waals surface area contributed by atoms with E-state index in [1.165, 1.54) is 6.92 Å². The fraction of sp³-hybridized carbons (Fsp3) is 0.167. The molecule has 0 amide bonds. The van der Waals surface area contributed by atoms with Crippen LogP contribution in [0.3, 0.4) is 0 Å². The van der Waals surface area contributed by atoms with Gasteiger partial charge in [0.15, 0.2) is 0 Å². The summed E-state index contributed by atoms with van der Waals surface area (Å²) in [5.41, 5.74) is -0.448. The maximum absolute atomic E-state index is 10.2. The summed E-state index contributed by atoms with van der Waals surface area (Å²) in [6.07, 6.45) is 0. The zero-order valence-corrected chi connectivity index (χ0v) is 6.18. The van der Waals surface area contributed by atoms with Crippen LogP contribution in [0.5, 0.6) is 11.6 Å². The first-order chi connectivity index (χ1) is 5.52. The minimum Gasteiger partial charge on any atom is -0.502 e. The van der Waals surface area contributed by atoms with Crippen LogP contribution in [0, 0.1) is 17.0 Å². The lowest BCUT2D eigenvalue weighted by atomic mass is 10.3. The standard InChI is InChI=1S/C6H6N2O4/c1-3-2-4(9)5(8(11)12)6(10)7-3/h2H,1H3,(H2,7,9,10). The molecule has 12 heavy (non-hydrogen) atoms. The highest BCUT2D eigenvalue weighted by Gasteiger charge is 2.21. The number of hydrogen-bond donors (Lipinski definition) is 2. The van der Waals surface area contributed by atoms with E-state index < -0.39 is 22.2 Å². The van der Waals surface area contributed by atoms with E-state index in [-0.39, 0.29) is 0 Å². The number of aryl methyl sites for hydroxylation is 1. The summed E-state index contributed by atoms with van der Waals surface area (Å²) < 4.78 is 0. The van der Waals surface area contributed by atoms with Gasteiger partial charge in [0.1, 0.15) is 0 Å². The van der Waals surface area contributed by atoms with E-state index in [0.29, 0.717) is 5.69 Å². The minimum atomic E-state index is -0.892. The van der Waals surface area contributed by atoms with Crippen LogP contribution < -0.4 is 0 Å². The highest BCUT2D eigenvalue weighted by Crippen LogP contribution is 2.33. The van der Waals surface area contributed by atoms with Crippen molar-refractivity contribution in [3.8, 4) is 11.6 Å². The van der Waals surface area contributed by atoms with Crippen molar-refractivity contribution in [1.29, 1.82) is 0 Å². The molecule has 1 aromatic heterocycles. The third-order valence-corrected chi connectivity index (χ3v) is 1.26. The Morgan fingerprint density at radius 2 is 2.17 bits per heavy atom. The second kappa shape index (κ2) is 2.65.